The van der Waals surface area contributed by atoms with Crippen LogP contribution in [-0.4, -0.2) is 4.98 Å². The summed E-state index contributed by atoms with van der Waals surface area (Å²) in [6.07, 6.45) is 0. The number of rotatable bonds is 5. The largest absolute Gasteiger partial charge is 0.435 e. The number of para-hydroxylation sites is 1. The summed E-state index contributed by atoms with van der Waals surface area (Å²) in [7, 11) is 0. The van der Waals surface area contributed by atoms with Crippen LogP contribution in [0.3, 0.4) is 0 Å². The second-order valence-corrected chi connectivity index (χ2v) is 12.8. The minimum Gasteiger partial charge on any atom is -0.435 e. The second kappa shape index (κ2) is 10.6. The van der Waals surface area contributed by atoms with Gasteiger partial charge in [0.05, 0.1) is 5.69 Å². The molecule has 1 aliphatic rings. The highest BCUT2D eigenvalue weighted by atomic mass is 16.3. The van der Waals surface area contributed by atoms with Crippen molar-refractivity contribution in [3.05, 3.63) is 169 Å². The Bertz CT molecular complexity index is 2440. The van der Waals surface area contributed by atoms with Gasteiger partial charge in [-0.3, -0.25) is 0 Å². The highest BCUT2D eigenvalue weighted by molar-refractivity contribution is 6.05. The molecular weight excluding hydrogens is 572 g/mol. The molecule has 0 atom stereocenters. The summed E-state index contributed by atoms with van der Waals surface area (Å²) in [6, 6.07) is 56.1. The molecule has 0 amide bonds. The number of oxazole rings is 1. The van der Waals surface area contributed by atoms with E-state index >= 15 is 0 Å². The molecule has 224 valence electrons. The van der Waals surface area contributed by atoms with Gasteiger partial charge in [0, 0.05) is 33.3 Å². The van der Waals surface area contributed by atoms with Crippen LogP contribution in [0.15, 0.2) is 162 Å². The average molecular weight is 605 g/mol. The molecule has 0 spiro atoms. The highest BCUT2D eigenvalue weighted by Crippen LogP contribution is 2.51. The lowest BCUT2D eigenvalue weighted by Crippen LogP contribution is -2.15. The fraction of sp³-hybridized carbons (Fsp3) is 0.0682. The van der Waals surface area contributed by atoms with Gasteiger partial charge in [0.1, 0.15) is 5.52 Å². The zero-order valence-electron chi connectivity index (χ0n) is 26.3. The summed E-state index contributed by atoms with van der Waals surface area (Å²) in [6.45, 7) is 4.66. The monoisotopic (exact) mass is 604 g/mol. The molecule has 1 aromatic heterocycles. The quantitative estimate of drug-likeness (QED) is 0.196. The molecule has 1 aliphatic carbocycles. The first-order valence-electron chi connectivity index (χ1n) is 16.1. The number of nitrogens with zero attached hydrogens (tertiary/aromatic N) is 2. The third kappa shape index (κ3) is 4.39. The van der Waals surface area contributed by atoms with Gasteiger partial charge in [-0.15, -0.1) is 0 Å². The summed E-state index contributed by atoms with van der Waals surface area (Å²) in [5.74, 6) is 0.636. The van der Waals surface area contributed by atoms with Crippen molar-refractivity contribution in [3.8, 4) is 33.7 Å². The standard InChI is InChI=1S/C44H32N2O/c1-44(2)38-19-11-9-18-36(38)37-28-33(23-25-39(37)44)46(41-20-12-10-17-34(41)29-13-5-3-6-14-29)32-22-24-35-31(27-32)21-26-40-42(35)47-43(45-40)30-15-7-4-8-16-30/h3-28H,1-2H3. The Kier molecular flexibility index (Phi) is 6.16. The van der Waals surface area contributed by atoms with Crippen molar-refractivity contribution >= 4 is 38.9 Å². The number of benzene rings is 7. The van der Waals surface area contributed by atoms with E-state index in [1.807, 2.05) is 30.3 Å². The van der Waals surface area contributed by atoms with E-state index in [4.69, 9.17) is 9.40 Å². The Labute approximate surface area is 274 Å². The predicted octanol–water partition coefficient (Wildman–Crippen LogP) is 12.1. The first-order valence-corrected chi connectivity index (χ1v) is 16.1. The van der Waals surface area contributed by atoms with Crippen LogP contribution in [-0.2, 0) is 5.41 Å². The first-order chi connectivity index (χ1) is 23.1. The molecule has 8 aromatic rings. The van der Waals surface area contributed by atoms with Crippen LogP contribution in [0.5, 0.6) is 0 Å². The summed E-state index contributed by atoms with van der Waals surface area (Å²) in [5.41, 5.74) is 13.6. The molecule has 9 rings (SSSR count). The normalized spacial score (nSPS) is 13.1. The van der Waals surface area contributed by atoms with Crippen molar-refractivity contribution in [2.45, 2.75) is 19.3 Å². The van der Waals surface area contributed by atoms with Crippen molar-refractivity contribution in [1.29, 1.82) is 0 Å². The van der Waals surface area contributed by atoms with E-state index < -0.39 is 0 Å². The van der Waals surface area contributed by atoms with Gasteiger partial charge in [-0.1, -0.05) is 117 Å². The number of hydrogen-bond acceptors (Lipinski definition) is 3. The zero-order chi connectivity index (χ0) is 31.5. The van der Waals surface area contributed by atoms with E-state index in [9.17, 15) is 0 Å². The lowest BCUT2D eigenvalue weighted by atomic mass is 9.82. The van der Waals surface area contributed by atoms with Crippen LogP contribution in [0.4, 0.5) is 17.1 Å². The summed E-state index contributed by atoms with van der Waals surface area (Å²) in [5, 5.41) is 2.14. The molecule has 0 bridgehead atoms. The van der Waals surface area contributed by atoms with Crippen LogP contribution >= 0.6 is 0 Å². The third-order valence-electron chi connectivity index (χ3n) is 9.69. The topological polar surface area (TPSA) is 29.3 Å². The maximum Gasteiger partial charge on any atom is 0.227 e. The Hall–Kier alpha value is -5.93. The fourth-order valence-electron chi connectivity index (χ4n) is 7.35. The van der Waals surface area contributed by atoms with E-state index in [1.165, 1.54) is 33.4 Å². The van der Waals surface area contributed by atoms with Crippen molar-refractivity contribution in [3.63, 3.8) is 0 Å². The van der Waals surface area contributed by atoms with Crippen LogP contribution in [0, 0.1) is 0 Å². The second-order valence-electron chi connectivity index (χ2n) is 12.8. The minimum atomic E-state index is -0.0543. The van der Waals surface area contributed by atoms with E-state index in [0.717, 1.165) is 44.5 Å². The maximum atomic E-state index is 6.39. The molecular formula is C44H32N2O. The maximum absolute atomic E-state index is 6.39. The Morgan fingerprint density at radius 1 is 0.532 bits per heavy atom. The molecule has 0 aliphatic heterocycles. The minimum absolute atomic E-state index is 0.0543. The zero-order valence-corrected chi connectivity index (χ0v) is 26.3. The Morgan fingerprint density at radius 2 is 1.17 bits per heavy atom. The Balaban J connectivity index is 1.25. The molecule has 0 fully saturated rings. The first kappa shape index (κ1) is 27.4. The van der Waals surface area contributed by atoms with Gasteiger partial charge in [-0.2, -0.15) is 0 Å². The summed E-state index contributed by atoms with van der Waals surface area (Å²) >= 11 is 0. The molecule has 0 radical (unpaired) electrons. The highest BCUT2D eigenvalue weighted by Gasteiger charge is 2.35. The van der Waals surface area contributed by atoms with Crippen molar-refractivity contribution in [2.24, 2.45) is 0 Å². The van der Waals surface area contributed by atoms with Crippen LogP contribution in [0.2, 0.25) is 0 Å². The smallest absolute Gasteiger partial charge is 0.227 e. The summed E-state index contributed by atoms with van der Waals surface area (Å²) < 4.78 is 6.39. The van der Waals surface area contributed by atoms with Gasteiger partial charge < -0.3 is 9.32 Å². The predicted molar refractivity (Wildman–Crippen MR) is 195 cm³/mol. The van der Waals surface area contributed by atoms with Gasteiger partial charge in [0.15, 0.2) is 5.58 Å². The molecule has 3 nitrogen and oxygen atoms in total. The Morgan fingerprint density at radius 3 is 1.98 bits per heavy atom. The van der Waals surface area contributed by atoms with E-state index in [-0.39, 0.29) is 5.41 Å². The van der Waals surface area contributed by atoms with Crippen molar-refractivity contribution in [1.82, 2.24) is 4.98 Å². The van der Waals surface area contributed by atoms with Gasteiger partial charge in [-0.05, 0) is 87.8 Å². The van der Waals surface area contributed by atoms with E-state index in [1.54, 1.807) is 0 Å². The number of anilines is 3. The lowest BCUT2D eigenvalue weighted by Gasteiger charge is -2.29. The van der Waals surface area contributed by atoms with Crippen LogP contribution < -0.4 is 4.90 Å². The van der Waals surface area contributed by atoms with E-state index in [0.29, 0.717) is 5.89 Å². The molecule has 3 heteroatoms. The molecule has 7 aromatic carbocycles. The molecule has 1 heterocycles. The van der Waals surface area contributed by atoms with Gasteiger partial charge in [-0.25, -0.2) is 4.98 Å². The van der Waals surface area contributed by atoms with E-state index in [2.05, 4.69) is 146 Å². The number of hydrogen-bond donors (Lipinski definition) is 0. The molecule has 47 heavy (non-hydrogen) atoms. The van der Waals surface area contributed by atoms with Gasteiger partial charge in [0.2, 0.25) is 5.89 Å². The number of aromatic nitrogens is 1. The molecule has 0 saturated heterocycles. The van der Waals surface area contributed by atoms with Gasteiger partial charge >= 0.3 is 0 Å². The molecule has 0 unspecified atom stereocenters. The lowest BCUT2D eigenvalue weighted by molar-refractivity contribution is 0.623. The van der Waals surface area contributed by atoms with Crippen molar-refractivity contribution < 1.29 is 4.42 Å². The van der Waals surface area contributed by atoms with Gasteiger partial charge in [0.25, 0.3) is 0 Å². The number of fused-ring (bicyclic) bond motifs is 6. The van der Waals surface area contributed by atoms with Crippen LogP contribution in [0.25, 0.3) is 55.6 Å². The fourth-order valence-corrected chi connectivity index (χ4v) is 7.35. The average Bonchev–Trinajstić information content (AvgIpc) is 3.66. The van der Waals surface area contributed by atoms with Crippen molar-refractivity contribution in [2.75, 3.05) is 4.90 Å². The molecule has 0 saturated carbocycles. The summed E-state index contributed by atoms with van der Waals surface area (Å²) in [4.78, 5) is 7.22. The van der Waals surface area contributed by atoms with Crippen LogP contribution in [0.1, 0.15) is 25.0 Å². The third-order valence-corrected chi connectivity index (χ3v) is 9.69. The molecule has 0 N–H and O–H groups in total. The SMILES string of the molecule is CC1(C)c2ccccc2-c2cc(N(c3ccc4c(ccc5nc(-c6ccccc6)oc54)c3)c3ccccc3-c3ccccc3)ccc21.